The molecule has 2 heterocycles. The van der Waals surface area contributed by atoms with Crippen molar-refractivity contribution in [3.05, 3.63) is 73.3 Å². The number of allylic oxidation sites excluding steroid dienone is 2. The maximum absolute atomic E-state index is 12.0. The molecule has 0 radical (unpaired) electrons. The van der Waals surface area contributed by atoms with Crippen molar-refractivity contribution in [3.8, 4) is 11.5 Å². The Balaban J connectivity index is 1.84. The number of fused-ring (bicyclic) bond motifs is 2. The summed E-state index contributed by atoms with van der Waals surface area (Å²) in [6.07, 6.45) is 8.36. The summed E-state index contributed by atoms with van der Waals surface area (Å²) in [5.41, 5.74) is 1.50. The molecular weight excluding hydrogens is 330 g/mol. The Labute approximate surface area is 149 Å². The van der Waals surface area contributed by atoms with E-state index in [4.69, 9.17) is 9.47 Å². The van der Waals surface area contributed by atoms with Gasteiger partial charge in [-0.25, -0.2) is 9.97 Å². The number of benzene rings is 2. The second-order valence-corrected chi connectivity index (χ2v) is 5.58. The molecule has 1 aromatic heterocycles. The zero-order valence-corrected chi connectivity index (χ0v) is 13.8. The van der Waals surface area contributed by atoms with Crippen LogP contribution in [0.3, 0.4) is 0 Å². The summed E-state index contributed by atoms with van der Waals surface area (Å²) in [6.45, 7) is 0. The minimum Gasteiger partial charge on any atom is -0.463 e. The number of aromatic nitrogens is 2. The van der Waals surface area contributed by atoms with E-state index in [9.17, 15) is 4.79 Å². The maximum atomic E-state index is 12.0. The van der Waals surface area contributed by atoms with Crippen LogP contribution in [0.25, 0.3) is 10.9 Å². The van der Waals surface area contributed by atoms with E-state index in [-0.39, 0.29) is 12.4 Å². The first-order chi connectivity index (χ1) is 12.8. The highest BCUT2D eigenvalue weighted by Crippen LogP contribution is 2.31. The summed E-state index contributed by atoms with van der Waals surface area (Å²) in [5, 5.41) is 4.01. The molecule has 4 rings (SSSR count). The smallest absolute Gasteiger partial charge is 0.315 e. The highest BCUT2D eigenvalue weighted by atomic mass is 16.5. The lowest BCUT2D eigenvalue weighted by molar-refractivity contribution is -0.133. The average Bonchev–Trinajstić information content (AvgIpc) is 2.66. The molecule has 6 nitrogen and oxygen atoms in total. The van der Waals surface area contributed by atoms with Crippen molar-refractivity contribution in [2.75, 3.05) is 5.32 Å². The predicted octanol–water partition coefficient (Wildman–Crippen LogP) is 4.13. The largest absolute Gasteiger partial charge is 0.463 e. The van der Waals surface area contributed by atoms with Gasteiger partial charge < -0.3 is 14.8 Å². The van der Waals surface area contributed by atoms with E-state index in [1.807, 2.05) is 24.3 Å². The van der Waals surface area contributed by atoms with E-state index < -0.39 is 0 Å². The molecule has 0 saturated carbocycles. The van der Waals surface area contributed by atoms with E-state index in [1.165, 1.54) is 6.33 Å². The first kappa shape index (κ1) is 15.8. The first-order valence-corrected chi connectivity index (χ1v) is 8.09. The third-order valence-corrected chi connectivity index (χ3v) is 3.78. The van der Waals surface area contributed by atoms with Crippen molar-refractivity contribution in [2.24, 2.45) is 0 Å². The van der Waals surface area contributed by atoms with Crippen LogP contribution in [0.2, 0.25) is 0 Å². The molecule has 3 aromatic rings. The van der Waals surface area contributed by atoms with Crippen LogP contribution in [0.1, 0.15) is 6.42 Å². The molecule has 0 saturated heterocycles. The van der Waals surface area contributed by atoms with Gasteiger partial charge in [-0.1, -0.05) is 24.3 Å². The second kappa shape index (κ2) is 7.06. The Morgan fingerprint density at radius 1 is 1.04 bits per heavy atom. The van der Waals surface area contributed by atoms with Gasteiger partial charge in [0.1, 0.15) is 23.6 Å². The molecule has 26 heavy (non-hydrogen) atoms. The molecule has 1 N–H and O–H groups in total. The molecule has 0 aliphatic carbocycles. The van der Waals surface area contributed by atoms with Gasteiger partial charge in [-0.05, 0) is 36.4 Å². The predicted molar refractivity (Wildman–Crippen MR) is 98.4 cm³/mol. The van der Waals surface area contributed by atoms with Crippen molar-refractivity contribution in [2.45, 2.75) is 6.42 Å². The quantitative estimate of drug-likeness (QED) is 0.488. The molecule has 0 fully saturated rings. The van der Waals surface area contributed by atoms with Gasteiger partial charge in [0.05, 0.1) is 23.9 Å². The van der Waals surface area contributed by atoms with Crippen molar-refractivity contribution >= 4 is 28.4 Å². The Morgan fingerprint density at radius 3 is 2.92 bits per heavy atom. The summed E-state index contributed by atoms with van der Waals surface area (Å²) in [7, 11) is 0. The third-order valence-electron chi connectivity index (χ3n) is 3.78. The Bertz CT molecular complexity index is 1030. The summed E-state index contributed by atoms with van der Waals surface area (Å²) in [4.78, 5) is 20.5. The number of nitrogens with one attached hydrogen (secondary N) is 1. The summed E-state index contributed by atoms with van der Waals surface area (Å²) in [6, 6.07) is 12.8. The molecule has 128 valence electrons. The number of nitrogens with zero attached hydrogens (tertiary/aromatic N) is 2. The van der Waals surface area contributed by atoms with Gasteiger partial charge >= 0.3 is 5.97 Å². The van der Waals surface area contributed by atoms with Gasteiger partial charge in [0.2, 0.25) is 0 Å². The van der Waals surface area contributed by atoms with Crippen LogP contribution >= 0.6 is 0 Å². The maximum Gasteiger partial charge on any atom is 0.315 e. The Morgan fingerprint density at radius 2 is 1.96 bits per heavy atom. The van der Waals surface area contributed by atoms with E-state index >= 15 is 0 Å². The van der Waals surface area contributed by atoms with Crippen LogP contribution < -0.4 is 14.8 Å². The van der Waals surface area contributed by atoms with Crippen molar-refractivity contribution < 1.29 is 14.3 Å². The van der Waals surface area contributed by atoms with E-state index in [0.717, 1.165) is 16.6 Å². The van der Waals surface area contributed by atoms with Gasteiger partial charge in [0.25, 0.3) is 0 Å². The second-order valence-electron chi connectivity index (χ2n) is 5.58. The van der Waals surface area contributed by atoms with E-state index in [2.05, 4.69) is 15.3 Å². The lowest BCUT2D eigenvalue weighted by Gasteiger charge is -2.12. The fourth-order valence-corrected chi connectivity index (χ4v) is 2.57. The molecule has 0 unspecified atom stereocenters. The fraction of sp³-hybridized carbons (Fsp3) is 0.0500. The highest BCUT2D eigenvalue weighted by molar-refractivity contribution is 5.92. The van der Waals surface area contributed by atoms with Crippen molar-refractivity contribution in [1.82, 2.24) is 9.97 Å². The fourth-order valence-electron chi connectivity index (χ4n) is 2.57. The van der Waals surface area contributed by atoms with Crippen molar-refractivity contribution in [3.63, 3.8) is 0 Å². The number of anilines is 2. The van der Waals surface area contributed by atoms with Crippen LogP contribution in [0.5, 0.6) is 11.5 Å². The van der Waals surface area contributed by atoms with Crippen LogP contribution in [-0.2, 0) is 4.79 Å². The highest BCUT2D eigenvalue weighted by Gasteiger charge is 2.10. The number of hydrogen-bond acceptors (Lipinski definition) is 6. The van der Waals surface area contributed by atoms with Gasteiger partial charge in [-0.3, -0.25) is 4.79 Å². The van der Waals surface area contributed by atoms with Gasteiger partial charge in [0.15, 0.2) is 0 Å². The third kappa shape index (κ3) is 3.39. The normalized spacial score (nSPS) is 16.4. The Hall–Kier alpha value is -3.67. The van der Waals surface area contributed by atoms with E-state index in [1.54, 1.807) is 42.7 Å². The molecule has 2 bridgehead atoms. The van der Waals surface area contributed by atoms with Crippen LogP contribution in [0, 0.1) is 0 Å². The SMILES string of the molecule is O=C1C/C=C\C=C/Oc2ccccc2Nc2ncnc3ccc(cc23)O1. The number of ether oxygens (including phenoxy) is 2. The molecule has 0 atom stereocenters. The summed E-state index contributed by atoms with van der Waals surface area (Å²) in [5.74, 6) is 1.35. The van der Waals surface area contributed by atoms with Gasteiger partial charge in [0, 0.05) is 5.39 Å². The average molecular weight is 345 g/mol. The van der Waals surface area contributed by atoms with Gasteiger partial charge in [-0.15, -0.1) is 0 Å². The molecule has 0 amide bonds. The lowest BCUT2D eigenvalue weighted by atomic mass is 10.2. The zero-order valence-electron chi connectivity index (χ0n) is 13.8. The minimum atomic E-state index is -0.348. The summed E-state index contributed by atoms with van der Waals surface area (Å²) >= 11 is 0. The molecule has 1 aliphatic rings. The minimum absolute atomic E-state index is 0.162. The number of carbonyl (C=O) groups is 1. The number of para-hydroxylation sites is 2. The lowest BCUT2D eigenvalue weighted by Crippen LogP contribution is -2.06. The van der Waals surface area contributed by atoms with Gasteiger partial charge in [-0.2, -0.15) is 0 Å². The molecular formula is C20H15N3O3. The molecule has 2 aromatic carbocycles. The van der Waals surface area contributed by atoms with Crippen molar-refractivity contribution in [1.29, 1.82) is 0 Å². The summed E-state index contributed by atoms with van der Waals surface area (Å²) < 4.78 is 11.1. The topological polar surface area (TPSA) is 73.3 Å². The monoisotopic (exact) mass is 345 g/mol. The molecule has 1 aliphatic heterocycles. The first-order valence-electron chi connectivity index (χ1n) is 8.09. The van der Waals surface area contributed by atoms with E-state index in [0.29, 0.717) is 17.3 Å². The van der Waals surface area contributed by atoms with Crippen LogP contribution in [0.15, 0.2) is 73.3 Å². The standard InChI is InChI=1S/C20H15N3O3/c24-19-8-2-1-5-11-25-18-7-4-3-6-17(18)23-20-15-12-14(26-19)9-10-16(15)21-13-22-20/h1-7,9-13H,8H2,(H,21,22,23)/b2-1-,11-5-. The van der Waals surface area contributed by atoms with Crippen LogP contribution in [0.4, 0.5) is 11.5 Å². The Kier molecular flexibility index (Phi) is 4.30. The number of rotatable bonds is 0. The number of esters is 1. The molecule has 6 heteroatoms. The number of carbonyl (C=O) groups excluding carboxylic acids is 1. The number of hydrogen-bond donors (Lipinski definition) is 1. The molecule has 0 spiro atoms. The van der Waals surface area contributed by atoms with Crippen LogP contribution in [-0.4, -0.2) is 15.9 Å². The zero-order chi connectivity index (χ0) is 17.8.